The number of rotatable bonds is 9. The molecule has 0 amide bonds. The second kappa shape index (κ2) is 14.5. The first-order valence-electron chi connectivity index (χ1n) is 16.7. The molecule has 2 aromatic heterocycles. The van der Waals surface area contributed by atoms with E-state index in [1.165, 1.54) is 11.3 Å². The van der Waals surface area contributed by atoms with Gasteiger partial charge in [0.05, 0.1) is 24.5 Å². The number of hydrogen-bond donors (Lipinski definition) is 2. The summed E-state index contributed by atoms with van der Waals surface area (Å²) in [5.74, 6) is 1.09. The van der Waals surface area contributed by atoms with Gasteiger partial charge in [0.25, 0.3) is 0 Å². The largest absolute Gasteiger partial charge is 0.476 e. The quantitative estimate of drug-likeness (QED) is 0.350. The smallest absolute Gasteiger partial charge is 0.219 e. The number of likely N-dealkylation sites (N-methyl/N-ethyl adjacent to an activating group) is 1. The first kappa shape index (κ1) is 33.2. The zero-order valence-electron chi connectivity index (χ0n) is 27.4. The number of fused-ring (bicyclic) bond motifs is 1. The van der Waals surface area contributed by atoms with Crippen LogP contribution >= 0.6 is 11.3 Å². The number of thiophene rings is 1. The molecule has 0 aromatic carbocycles. The third-order valence-corrected chi connectivity index (χ3v) is 10.8. The minimum absolute atomic E-state index is 0.0535. The van der Waals surface area contributed by atoms with Gasteiger partial charge in [0, 0.05) is 47.0 Å². The van der Waals surface area contributed by atoms with Crippen LogP contribution in [0.25, 0.3) is 5.70 Å². The Morgan fingerprint density at radius 1 is 1.22 bits per heavy atom. The van der Waals surface area contributed by atoms with Crippen LogP contribution in [0.2, 0.25) is 0 Å². The number of likely N-dealkylation sites (tertiary alicyclic amines) is 1. The first-order valence-corrected chi connectivity index (χ1v) is 17.5. The number of piperidine rings is 1. The number of Topliss-reactive ketones (excluding diaryl/α,β-unsaturated/α-hetero) is 1. The van der Waals surface area contributed by atoms with Gasteiger partial charge in [0.15, 0.2) is 11.6 Å². The molecule has 6 rings (SSSR count). The van der Waals surface area contributed by atoms with Gasteiger partial charge in [0.1, 0.15) is 23.5 Å². The summed E-state index contributed by atoms with van der Waals surface area (Å²) in [5, 5.41) is 10.3. The molecule has 2 atom stereocenters. The number of nitrogens with two attached hydrogens (primary N) is 2. The van der Waals surface area contributed by atoms with Gasteiger partial charge in [0.2, 0.25) is 5.88 Å². The number of carbonyl (C=O) groups excluding carboxylic acids is 1. The van der Waals surface area contributed by atoms with Crippen molar-refractivity contribution < 1.29 is 14.3 Å². The van der Waals surface area contributed by atoms with Crippen LogP contribution in [0.4, 0.5) is 10.8 Å². The molecular weight excluding hydrogens is 586 g/mol. The lowest BCUT2D eigenvalue weighted by Gasteiger charge is -2.48. The Labute approximate surface area is 271 Å². The summed E-state index contributed by atoms with van der Waals surface area (Å²) < 4.78 is 11.9. The third kappa shape index (κ3) is 6.83. The molecule has 0 unspecified atom stereocenters. The number of ketones is 1. The average Bonchev–Trinajstić information content (AvgIpc) is 3.62. The van der Waals surface area contributed by atoms with Crippen LogP contribution < -0.4 is 21.1 Å². The summed E-state index contributed by atoms with van der Waals surface area (Å²) in [6.45, 7) is 10.9. The molecule has 0 radical (unpaired) electrons. The second-order valence-electron chi connectivity index (χ2n) is 12.7. The maximum atomic E-state index is 14.3. The maximum absolute atomic E-state index is 14.3. The van der Waals surface area contributed by atoms with E-state index in [4.69, 9.17) is 30.9 Å². The van der Waals surface area contributed by atoms with Crippen molar-refractivity contribution in [2.45, 2.75) is 90.5 Å². The molecule has 1 aliphatic carbocycles. The lowest BCUT2D eigenvalue weighted by Crippen LogP contribution is -2.54. The number of allylic oxidation sites excluding steroid dienone is 1. The molecule has 3 fully saturated rings. The van der Waals surface area contributed by atoms with Gasteiger partial charge >= 0.3 is 0 Å². The topological polar surface area (TPSA) is 144 Å². The maximum Gasteiger partial charge on any atom is 0.219 e. The number of aromatic nitrogens is 2. The Kier molecular flexibility index (Phi) is 10.7. The highest BCUT2D eigenvalue weighted by atomic mass is 32.1. The van der Waals surface area contributed by atoms with E-state index in [9.17, 15) is 10.1 Å². The molecule has 4 aliphatic rings. The molecule has 4 N–H and O–H groups in total. The van der Waals surface area contributed by atoms with E-state index >= 15 is 0 Å². The number of anilines is 2. The van der Waals surface area contributed by atoms with E-state index in [0.29, 0.717) is 59.0 Å². The number of ether oxygens (including phenoxy) is 2. The number of hydrogen-bond acceptors (Lipinski definition) is 11. The molecule has 0 bridgehead atoms. The molecule has 11 heteroatoms. The van der Waals surface area contributed by atoms with Gasteiger partial charge < -0.3 is 30.7 Å². The molecule has 3 saturated heterocycles. The van der Waals surface area contributed by atoms with Crippen molar-refractivity contribution >= 4 is 33.6 Å². The van der Waals surface area contributed by atoms with Gasteiger partial charge in [-0.15, -0.1) is 11.3 Å². The molecule has 45 heavy (non-hydrogen) atoms. The van der Waals surface area contributed by atoms with Gasteiger partial charge in [-0.1, -0.05) is 27.2 Å². The highest BCUT2D eigenvalue weighted by molar-refractivity contribution is 7.16. The molecule has 2 aromatic rings. The highest BCUT2D eigenvalue weighted by Gasteiger charge is 2.43. The monoisotopic (exact) mass is 635 g/mol. The molecule has 3 aliphatic heterocycles. The van der Waals surface area contributed by atoms with Crippen LogP contribution in [-0.2, 0) is 16.0 Å². The summed E-state index contributed by atoms with van der Waals surface area (Å²) in [7, 11) is 2.13. The van der Waals surface area contributed by atoms with Crippen molar-refractivity contribution in [2.24, 2.45) is 11.1 Å². The fourth-order valence-electron chi connectivity index (χ4n) is 7.21. The van der Waals surface area contributed by atoms with Crippen molar-refractivity contribution in [3.63, 3.8) is 0 Å². The van der Waals surface area contributed by atoms with E-state index in [1.54, 1.807) is 0 Å². The summed E-state index contributed by atoms with van der Waals surface area (Å²) in [5.41, 5.74) is 15.3. The van der Waals surface area contributed by atoms with E-state index in [0.717, 1.165) is 94.1 Å². The van der Waals surface area contributed by atoms with Crippen molar-refractivity contribution in [3.05, 3.63) is 33.5 Å². The Bertz CT molecular complexity index is 1440. The number of carbonyl (C=O) groups is 1. The standard InChI is InChI=1S/C32H43N7O3S.C2H6/c1-3-7-22(29(40)21-9-4-10-24-27(21)23(15-33)30(35)43-24)28(34)31-36-25(39-13-6-11-32(17-39)18-41-19-32)14-26(37-31)42-16-20-8-5-12-38(20)2;1-2/h14,20-21H,3-13,16-19,34-35H2,1-2H3;1-2H3/b28-22-;/t20-,21-;/m0./s1. The Morgan fingerprint density at radius 2 is 2.02 bits per heavy atom. The molecule has 10 nitrogen and oxygen atoms in total. The van der Waals surface area contributed by atoms with Crippen molar-refractivity contribution in [1.29, 1.82) is 5.26 Å². The van der Waals surface area contributed by atoms with Crippen LogP contribution in [-0.4, -0.2) is 73.2 Å². The first-order chi connectivity index (χ1) is 21.8. The Morgan fingerprint density at radius 3 is 2.69 bits per heavy atom. The fourth-order valence-corrected chi connectivity index (χ4v) is 8.33. The number of nitrogens with zero attached hydrogens (tertiary/aromatic N) is 5. The van der Waals surface area contributed by atoms with Crippen molar-refractivity contribution in [1.82, 2.24) is 14.9 Å². The highest BCUT2D eigenvalue weighted by Crippen LogP contribution is 2.44. The molecular formula is C34H49N7O3S. The van der Waals surface area contributed by atoms with Gasteiger partial charge in [-0.25, -0.2) is 4.98 Å². The minimum atomic E-state index is -0.440. The van der Waals surface area contributed by atoms with Crippen LogP contribution in [0.1, 0.15) is 99.9 Å². The Hall–Kier alpha value is -3.20. The van der Waals surface area contributed by atoms with Crippen LogP contribution in [0.3, 0.4) is 0 Å². The van der Waals surface area contributed by atoms with Crippen LogP contribution in [0, 0.1) is 16.7 Å². The van der Waals surface area contributed by atoms with Gasteiger partial charge in [-0.3, -0.25) is 4.79 Å². The predicted octanol–water partition coefficient (Wildman–Crippen LogP) is 5.27. The van der Waals surface area contributed by atoms with E-state index < -0.39 is 5.92 Å². The summed E-state index contributed by atoms with van der Waals surface area (Å²) in [6, 6.07) is 4.52. The zero-order chi connectivity index (χ0) is 32.1. The van der Waals surface area contributed by atoms with Gasteiger partial charge in [-0.2, -0.15) is 10.2 Å². The second-order valence-corrected chi connectivity index (χ2v) is 13.9. The molecule has 5 heterocycles. The molecule has 0 saturated carbocycles. The summed E-state index contributed by atoms with van der Waals surface area (Å²) in [4.78, 5) is 29.7. The molecule has 1 spiro atoms. The van der Waals surface area contributed by atoms with Crippen molar-refractivity contribution in [3.8, 4) is 11.9 Å². The number of aryl methyl sites for hydroxylation is 1. The summed E-state index contributed by atoms with van der Waals surface area (Å²) >= 11 is 1.43. The normalized spacial score (nSPS) is 22.9. The molecule has 244 valence electrons. The van der Waals surface area contributed by atoms with Gasteiger partial charge in [-0.05, 0) is 70.5 Å². The van der Waals surface area contributed by atoms with Crippen LogP contribution in [0.15, 0.2) is 11.6 Å². The van der Waals surface area contributed by atoms with E-state index in [-0.39, 0.29) is 11.2 Å². The fraction of sp³-hybridized carbons (Fsp3) is 0.647. The number of nitriles is 1. The third-order valence-electron chi connectivity index (χ3n) is 9.67. The SMILES string of the molecule is CC.CCC/C(C(=O)[C@H]1CCCc2sc(N)c(C#N)c21)=C(/N)c1nc(OC[C@@H]2CCCN2C)cc(N2CCCC3(COC3)C2)n1. The Balaban J connectivity index is 0.00000196. The lowest BCUT2D eigenvalue weighted by molar-refractivity contribution is -0.117. The summed E-state index contributed by atoms with van der Waals surface area (Å²) in [6.07, 6.45) is 8.07. The zero-order valence-corrected chi connectivity index (χ0v) is 28.2. The van der Waals surface area contributed by atoms with Crippen molar-refractivity contribution in [2.75, 3.05) is 57.1 Å². The lowest BCUT2D eigenvalue weighted by atomic mass is 9.78. The minimum Gasteiger partial charge on any atom is -0.476 e. The van der Waals surface area contributed by atoms with Crippen LogP contribution in [0.5, 0.6) is 5.88 Å². The van der Waals surface area contributed by atoms with E-state index in [2.05, 4.69) is 22.9 Å². The van der Waals surface area contributed by atoms with E-state index in [1.807, 2.05) is 26.8 Å². The predicted molar refractivity (Wildman–Crippen MR) is 179 cm³/mol. The number of nitrogen functional groups attached to an aromatic ring is 1. The average molecular weight is 636 g/mol.